The number of anilines is 1. The minimum Gasteiger partial charge on any atom is -0.386 e. The molecular weight excluding hydrogens is 1010 g/mol. The van der Waals surface area contributed by atoms with Crippen LogP contribution < -0.4 is 16.4 Å². The lowest BCUT2D eigenvalue weighted by molar-refractivity contribution is -0.137. The normalized spacial score (nSPS) is 20.1. The Bertz CT molecular complexity index is 2080. The highest BCUT2D eigenvalue weighted by molar-refractivity contribution is 8.13. The van der Waals surface area contributed by atoms with Crippen LogP contribution in [0.3, 0.4) is 0 Å². The van der Waals surface area contributed by atoms with Crippen LogP contribution in [0.4, 0.5) is 5.82 Å². The number of nitrogens with two attached hydrogens (primary N) is 1. The van der Waals surface area contributed by atoms with E-state index in [-0.39, 0.29) is 41.6 Å². The van der Waals surface area contributed by atoms with Crippen LogP contribution in [0.15, 0.2) is 12.7 Å². The number of nitrogens with zero attached hydrogens (tertiary/aromatic N) is 4. The molecule has 2 amide bonds. The summed E-state index contributed by atoms with van der Waals surface area (Å²) in [6.45, 7) is 5.22. The third-order valence-electron chi connectivity index (χ3n) is 11.9. The molecule has 0 aromatic carbocycles. The summed E-state index contributed by atoms with van der Waals surface area (Å²) < 4.78 is 62.5. The number of nitrogen functional groups attached to an aromatic ring is 1. The number of aliphatic hydroxyl groups excluding tert-OH is 2. The first kappa shape index (κ1) is 62.9. The van der Waals surface area contributed by atoms with Gasteiger partial charge in [-0.15, -0.1) is 0 Å². The molecule has 1 fully saturated rings. The fourth-order valence-electron chi connectivity index (χ4n) is 7.89. The summed E-state index contributed by atoms with van der Waals surface area (Å²) in [5.74, 6) is -0.140. The van der Waals surface area contributed by atoms with Gasteiger partial charge in [-0.05, 0) is 12.3 Å². The summed E-state index contributed by atoms with van der Waals surface area (Å²) in [5.41, 5.74) is 4.29. The standard InChI is InChI=1S/C43H78N7O17P3S/c1-5-20-31(2)21-18-16-14-12-10-8-6-7-9-11-13-15-17-19-22-34(52)71-26-25-45-33(51)23-24-46-41(55)38(54)43(3,4)28-64-70(61,62)67-69(59,60)63-27-32-37(66-68(56,57)58)36(53)42(65-32)50-30-49-35-39(44)47-29-48-40(35)50/h29-32,36-38,42,53-54H,5-28H2,1-4H3,(H,45,51)(H,46,55)(H,59,60)(H,61,62)(H2,44,47,48)(H2,56,57,58). The van der Waals surface area contributed by atoms with Crippen molar-refractivity contribution in [3.63, 3.8) is 0 Å². The Hall–Kier alpha value is -2.44. The second-order valence-electron chi connectivity index (χ2n) is 18.7. The number of aliphatic hydroxyl groups is 2. The Morgan fingerprint density at radius 3 is 2.04 bits per heavy atom. The predicted octanol–water partition coefficient (Wildman–Crippen LogP) is 6.34. The second kappa shape index (κ2) is 31.4. The zero-order chi connectivity index (χ0) is 52.7. The molecule has 71 heavy (non-hydrogen) atoms. The van der Waals surface area contributed by atoms with Gasteiger partial charge in [-0.2, -0.15) is 4.31 Å². The van der Waals surface area contributed by atoms with E-state index in [1.807, 2.05) is 0 Å². The Kier molecular flexibility index (Phi) is 27.8. The second-order valence-corrected chi connectivity index (χ2v) is 24.1. The number of imidazole rings is 1. The molecule has 10 N–H and O–H groups in total. The van der Waals surface area contributed by atoms with Gasteiger partial charge < -0.3 is 50.9 Å². The number of phosphoric ester groups is 3. The number of carbonyl (C=O) groups excluding carboxylic acids is 3. The van der Waals surface area contributed by atoms with Gasteiger partial charge >= 0.3 is 23.5 Å². The molecule has 1 aliphatic heterocycles. The quantitative estimate of drug-likeness (QED) is 0.0261. The molecular formula is C43H78N7O17P3S. The number of nitrogens with one attached hydrogen (secondary N) is 2. The number of rotatable bonds is 38. The maximum atomic E-state index is 12.8. The van der Waals surface area contributed by atoms with Crippen LogP contribution in [0.2, 0.25) is 0 Å². The first-order chi connectivity index (χ1) is 33.4. The summed E-state index contributed by atoms with van der Waals surface area (Å²) in [6.07, 6.45) is 15.1. The number of phosphoric acid groups is 3. The Morgan fingerprint density at radius 1 is 0.845 bits per heavy atom. The molecule has 0 aliphatic carbocycles. The van der Waals surface area contributed by atoms with Crippen LogP contribution in [0, 0.1) is 11.3 Å². The third-order valence-corrected chi connectivity index (χ3v) is 15.9. The van der Waals surface area contributed by atoms with Gasteiger partial charge in [0.15, 0.2) is 22.8 Å². The lowest BCUT2D eigenvalue weighted by Crippen LogP contribution is -2.46. The molecule has 408 valence electrons. The van der Waals surface area contributed by atoms with Crippen molar-refractivity contribution < 1.29 is 80.5 Å². The van der Waals surface area contributed by atoms with Crippen LogP contribution in [0.5, 0.6) is 0 Å². The highest BCUT2D eigenvalue weighted by Gasteiger charge is 2.50. The number of amides is 2. The Morgan fingerprint density at radius 2 is 1.44 bits per heavy atom. The topological polar surface area (TPSA) is 364 Å². The van der Waals surface area contributed by atoms with Crippen molar-refractivity contribution >= 4 is 69.1 Å². The van der Waals surface area contributed by atoms with E-state index < -0.39 is 84.6 Å². The van der Waals surface area contributed by atoms with Crippen molar-refractivity contribution in [1.82, 2.24) is 30.2 Å². The number of aromatic nitrogens is 4. The van der Waals surface area contributed by atoms with Crippen LogP contribution >= 0.6 is 35.2 Å². The van der Waals surface area contributed by atoms with Gasteiger partial charge in [0.25, 0.3) is 0 Å². The summed E-state index contributed by atoms with van der Waals surface area (Å²) in [5, 5.41) is 26.7. The number of carbonyl (C=O) groups is 3. The van der Waals surface area contributed by atoms with Gasteiger partial charge in [0, 0.05) is 37.1 Å². The Labute approximate surface area is 420 Å². The van der Waals surface area contributed by atoms with Crippen molar-refractivity contribution in [2.75, 3.05) is 37.8 Å². The molecule has 0 spiro atoms. The van der Waals surface area contributed by atoms with Gasteiger partial charge in [-0.25, -0.2) is 28.6 Å². The number of ether oxygens (including phenoxy) is 1. The van der Waals surface area contributed by atoms with Gasteiger partial charge in [0.1, 0.15) is 36.3 Å². The molecule has 2 aromatic rings. The highest BCUT2D eigenvalue weighted by Crippen LogP contribution is 2.61. The largest absolute Gasteiger partial charge is 0.481 e. The summed E-state index contributed by atoms with van der Waals surface area (Å²) in [6, 6.07) is 0. The first-order valence-corrected chi connectivity index (χ1v) is 30.0. The van der Waals surface area contributed by atoms with Crippen molar-refractivity contribution in [2.24, 2.45) is 11.3 Å². The predicted molar refractivity (Wildman–Crippen MR) is 265 cm³/mol. The van der Waals surface area contributed by atoms with E-state index in [0.29, 0.717) is 12.2 Å². The average Bonchev–Trinajstić information content (AvgIpc) is 3.85. The smallest absolute Gasteiger partial charge is 0.386 e. The fraction of sp³-hybridized carbons (Fsp3) is 0.814. The van der Waals surface area contributed by atoms with Gasteiger partial charge in [0.2, 0.25) is 11.8 Å². The number of hydrogen-bond donors (Lipinski definition) is 9. The first-order valence-electron chi connectivity index (χ1n) is 24.5. The number of unbranched alkanes of at least 4 members (excludes halogenated alkanes) is 13. The summed E-state index contributed by atoms with van der Waals surface area (Å²) in [4.78, 5) is 88.5. The number of fused-ring (bicyclic) bond motifs is 1. The van der Waals surface area contributed by atoms with E-state index in [0.717, 1.165) is 54.2 Å². The van der Waals surface area contributed by atoms with E-state index in [2.05, 4.69) is 48.3 Å². The van der Waals surface area contributed by atoms with Crippen LogP contribution in [-0.4, -0.2) is 123 Å². The molecule has 1 saturated heterocycles. The third kappa shape index (κ3) is 24.2. The molecule has 24 nitrogen and oxygen atoms in total. The van der Waals surface area contributed by atoms with Gasteiger partial charge in [0.05, 0.1) is 19.5 Å². The molecule has 28 heteroatoms. The molecule has 3 heterocycles. The molecule has 2 aromatic heterocycles. The van der Waals surface area contributed by atoms with Crippen LogP contribution in [-0.2, 0) is 50.7 Å². The van der Waals surface area contributed by atoms with Gasteiger partial charge in [-0.3, -0.25) is 32.5 Å². The summed E-state index contributed by atoms with van der Waals surface area (Å²) in [7, 11) is -16.4. The minimum atomic E-state index is -5.58. The molecule has 0 saturated carbocycles. The molecule has 8 unspecified atom stereocenters. The van der Waals surface area contributed by atoms with E-state index in [1.165, 1.54) is 104 Å². The molecule has 0 bridgehead atoms. The monoisotopic (exact) mass is 1090 g/mol. The SMILES string of the molecule is CCCC(C)CCCCCCCCCCCCCCCCC(=O)SCCNC(=O)CCNC(=O)C(O)C(C)(C)COP(=O)(O)OP(=O)(O)OCC1OC(n2cnc3c(N)ncnc32)C(O)C1OP(=O)(O)O. The maximum absolute atomic E-state index is 12.8. The molecule has 0 radical (unpaired) electrons. The van der Waals surface area contributed by atoms with E-state index >= 15 is 0 Å². The maximum Gasteiger partial charge on any atom is 0.481 e. The summed E-state index contributed by atoms with van der Waals surface area (Å²) >= 11 is 1.16. The van der Waals surface area contributed by atoms with Crippen molar-refractivity contribution in [3.8, 4) is 0 Å². The van der Waals surface area contributed by atoms with E-state index in [4.69, 9.17) is 19.5 Å². The molecule has 8 atom stereocenters. The molecule has 1 aliphatic rings. The van der Waals surface area contributed by atoms with E-state index in [1.54, 1.807) is 0 Å². The lowest BCUT2D eigenvalue weighted by atomic mass is 9.87. The fourth-order valence-corrected chi connectivity index (χ4v) is 11.4. The van der Waals surface area contributed by atoms with E-state index in [9.17, 15) is 57.9 Å². The molecule has 3 rings (SSSR count). The zero-order valence-corrected chi connectivity index (χ0v) is 44.9. The average molecular weight is 1090 g/mol. The van der Waals surface area contributed by atoms with Crippen molar-refractivity contribution in [2.45, 2.75) is 180 Å². The zero-order valence-electron chi connectivity index (χ0n) is 41.4. The lowest BCUT2D eigenvalue weighted by Gasteiger charge is -2.30. The Balaban J connectivity index is 1.25. The van der Waals surface area contributed by atoms with Crippen LogP contribution in [0.1, 0.15) is 156 Å². The minimum absolute atomic E-state index is 0.0342. The van der Waals surface area contributed by atoms with Crippen molar-refractivity contribution in [3.05, 3.63) is 12.7 Å². The van der Waals surface area contributed by atoms with Crippen molar-refractivity contribution in [1.29, 1.82) is 0 Å². The number of hydrogen-bond acceptors (Lipinski definition) is 18. The van der Waals surface area contributed by atoms with Gasteiger partial charge in [-0.1, -0.05) is 142 Å². The number of thioether (sulfide) groups is 1. The van der Waals surface area contributed by atoms with Crippen LogP contribution in [0.25, 0.3) is 11.2 Å². The highest BCUT2D eigenvalue weighted by atomic mass is 32.2.